The van der Waals surface area contributed by atoms with Gasteiger partial charge in [0.15, 0.2) is 0 Å². The normalized spacial score (nSPS) is 10.5. The van der Waals surface area contributed by atoms with Crippen LogP contribution >= 0.6 is 22.7 Å². The van der Waals surface area contributed by atoms with Gasteiger partial charge in [-0.15, -0.1) is 27.8 Å². The molecule has 0 aliphatic rings. The summed E-state index contributed by atoms with van der Waals surface area (Å²) in [5.41, 5.74) is 0. The highest BCUT2D eigenvalue weighted by Gasteiger charge is 2.12. The van der Waals surface area contributed by atoms with E-state index in [9.17, 15) is 4.79 Å². The number of nitrogens with zero attached hydrogens (tertiary/aromatic N) is 2. The fraction of sp³-hybridized carbons (Fsp3) is 0.0833. The Morgan fingerprint density at radius 3 is 2.79 bits per heavy atom. The van der Waals surface area contributed by atoms with E-state index in [1.54, 1.807) is 0 Å². The number of anilines is 1. The molecule has 0 aromatic carbocycles. The van der Waals surface area contributed by atoms with Crippen molar-refractivity contribution in [2.45, 2.75) is 6.42 Å². The fourth-order valence-corrected chi connectivity index (χ4v) is 2.86. The van der Waals surface area contributed by atoms with E-state index in [1.165, 1.54) is 22.7 Å². The molecule has 0 aliphatic heterocycles. The lowest BCUT2D eigenvalue weighted by Crippen LogP contribution is -2.13. The molecule has 0 atom stereocenters. The summed E-state index contributed by atoms with van der Waals surface area (Å²) in [6, 6.07) is 7.74. The second-order valence-corrected chi connectivity index (χ2v) is 5.67. The minimum atomic E-state index is -0.163. The van der Waals surface area contributed by atoms with E-state index in [4.69, 9.17) is 4.42 Å². The zero-order chi connectivity index (χ0) is 13.1. The maximum absolute atomic E-state index is 11.7. The lowest BCUT2D eigenvalue weighted by Gasteiger charge is -1.97. The van der Waals surface area contributed by atoms with E-state index in [-0.39, 0.29) is 11.9 Å². The van der Waals surface area contributed by atoms with E-state index in [0.29, 0.717) is 12.3 Å². The van der Waals surface area contributed by atoms with Gasteiger partial charge in [0.05, 0.1) is 11.3 Å². The third-order valence-corrected chi connectivity index (χ3v) is 4.05. The molecule has 19 heavy (non-hydrogen) atoms. The van der Waals surface area contributed by atoms with Crippen molar-refractivity contribution in [1.82, 2.24) is 10.2 Å². The predicted octanol–water partition coefficient (Wildman–Crippen LogP) is 3.04. The number of carbonyl (C=O) groups excluding carboxylic acids is 1. The van der Waals surface area contributed by atoms with Crippen LogP contribution in [0.2, 0.25) is 0 Å². The molecule has 1 amide bonds. The molecule has 3 heterocycles. The molecular formula is C12H9N3O2S2. The molecule has 3 rings (SSSR count). The number of hydrogen-bond acceptors (Lipinski definition) is 6. The average molecular weight is 291 g/mol. The molecule has 0 saturated carbocycles. The lowest BCUT2D eigenvalue weighted by molar-refractivity contribution is -0.115. The summed E-state index contributed by atoms with van der Waals surface area (Å²) in [6.45, 7) is 0. The molecule has 3 aromatic rings. The van der Waals surface area contributed by atoms with Crippen molar-refractivity contribution in [3.8, 4) is 10.8 Å². The maximum atomic E-state index is 11.7. The Morgan fingerprint density at radius 1 is 1.21 bits per heavy atom. The highest BCUT2D eigenvalue weighted by Crippen LogP contribution is 2.24. The quantitative estimate of drug-likeness (QED) is 0.802. The number of hydrogen-bond donors (Lipinski definition) is 1. The van der Waals surface area contributed by atoms with Crippen LogP contribution in [-0.4, -0.2) is 16.1 Å². The number of aromatic nitrogens is 2. The number of nitrogens with one attached hydrogen (secondary N) is 1. The van der Waals surface area contributed by atoms with Crippen molar-refractivity contribution < 1.29 is 9.21 Å². The highest BCUT2D eigenvalue weighted by molar-refractivity contribution is 7.13. The molecule has 0 spiro atoms. The first kappa shape index (κ1) is 12.1. The summed E-state index contributed by atoms with van der Waals surface area (Å²) in [5.74, 6) is 0.255. The Balaban J connectivity index is 1.65. The van der Waals surface area contributed by atoms with E-state index in [1.807, 2.05) is 35.0 Å². The van der Waals surface area contributed by atoms with E-state index < -0.39 is 0 Å². The van der Waals surface area contributed by atoms with Crippen LogP contribution in [0.5, 0.6) is 0 Å². The van der Waals surface area contributed by atoms with Gasteiger partial charge in [-0.2, -0.15) is 0 Å². The Bertz CT molecular complexity index is 659. The van der Waals surface area contributed by atoms with Crippen LogP contribution in [0, 0.1) is 0 Å². The average Bonchev–Trinajstić information content (AvgIpc) is 3.09. The molecule has 0 bridgehead atoms. The summed E-state index contributed by atoms with van der Waals surface area (Å²) in [4.78, 5) is 13.6. The molecule has 1 N–H and O–H groups in total. The summed E-state index contributed by atoms with van der Waals surface area (Å²) in [7, 11) is 0. The topological polar surface area (TPSA) is 68.0 Å². The minimum Gasteiger partial charge on any atom is -0.402 e. The first-order chi connectivity index (χ1) is 9.31. The Hall–Kier alpha value is -1.99. The van der Waals surface area contributed by atoms with Gasteiger partial charge in [-0.1, -0.05) is 17.2 Å². The standard InChI is InChI=1S/C12H9N3O2S2/c16-10(7-8-3-1-5-18-8)13-12-15-14-11(17-12)9-4-2-6-19-9/h1-6H,7H2,(H,13,15,16). The summed E-state index contributed by atoms with van der Waals surface area (Å²) >= 11 is 3.04. The Labute approximate surface area is 116 Å². The van der Waals surface area contributed by atoms with Crippen molar-refractivity contribution in [2.24, 2.45) is 0 Å². The van der Waals surface area contributed by atoms with Crippen LogP contribution in [-0.2, 0) is 11.2 Å². The van der Waals surface area contributed by atoms with Crippen molar-refractivity contribution in [1.29, 1.82) is 0 Å². The molecule has 5 nitrogen and oxygen atoms in total. The minimum absolute atomic E-state index is 0.130. The molecule has 3 aromatic heterocycles. The number of carbonyl (C=O) groups is 1. The monoisotopic (exact) mass is 291 g/mol. The fourth-order valence-electron chi connectivity index (χ4n) is 1.51. The third kappa shape index (κ3) is 2.88. The van der Waals surface area contributed by atoms with Gasteiger partial charge < -0.3 is 4.42 Å². The largest absolute Gasteiger partial charge is 0.402 e. The molecule has 0 fully saturated rings. The second-order valence-electron chi connectivity index (χ2n) is 3.69. The van der Waals surface area contributed by atoms with Gasteiger partial charge in [0.25, 0.3) is 5.89 Å². The molecule has 0 aliphatic carbocycles. The molecule has 0 radical (unpaired) electrons. The number of amides is 1. The van der Waals surface area contributed by atoms with Crippen LogP contribution in [0.3, 0.4) is 0 Å². The smallest absolute Gasteiger partial charge is 0.322 e. The third-order valence-electron chi connectivity index (χ3n) is 2.32. The Morgan fingerprint density at radius 2 is 2.05 bits per heavy atom. The van der Waals surface area contributed by atoms with Crippen LogP contribution in [0.1, 0.15) is 4.88 Å². The van der Waals surface area contributed by atoms with Gasteiger partial charge in [0.2, 0.25) is 5.91 Å². The zero-order valence-electron chi connectivity index (χ0n) is 9.70. The van der Waals surface area contributed by atoms with Gasteiger partial charge in [-0.3, -0.25) is 10.1 Å². The summed E-state index contributed by atoms with van der Waals surface area (Å²) in [6.07, 6.45) is 0.314. The van der Waals surface area contributed by atoms with Gasteiger partial charge >= 0.3 is 6.01 Å². The van der Waals surface area contributed by atoms with E-state index in [2.05, 4.69) is 15.5 Å². The van der Waals surface area contributed by atoms with Crippen molar-refractivity contribution >= 4 is 34.6 Å². The van der Waals surface area contributed by atoms with Gasteiger partial charge in [0, 0.05) is 4.88 Å². The highest BCUT2D eigenvalue weighted by atomic mass is 32.1. The second kappa shape index (κ2) is 5.33. The molecule has 0 unspecified atom stereocenters. The first-order valence-electron chi connectivity index (χ1n) is 5.51. The van der Waals surface area contributed by atoms with Crippen molar-refractivity contribution in [3.05, 3.63) is 39.9 Å². The summed E-state index contributed by atoms with van der Waals surface area (Å²) < 4.78 is 5.38. The number of thiophene rings is 2. The van der Waals surface area contributed by atoms with Gasteiger partial charge in [-0.25, -0.2) is 0 Å². The van der Waals surface area contributed by atoms with Crippen molar-refractivity contribution in [3.63, 3.8) is 0 Å². The number of rotatable bonds is 4. The SMILES string of the molecule is O=C(Cc1cccs1)Nc1nnc(-c2cccs2)o1. The first-order valence-corrected chi connectivity index (χ1v) is 7.27. The maximum Gasteiger partial charge on any atom is 0.322 e. The van der Waals surface area contributed by atoms with Crippen LogP contribution in [0.4, 0.5) is 6.01 Å². The van der Waals surface area contributed by atoms with Crippen LogP contribution in [0.15, 0.2) is 39.4 Å². The van der Waals surface area contributed by atoms with Crippen LogP contribution in [0.25, 0.3) is 10.8 Å². The predicted molar refractivity (Wildman–Crippen MR) is 74.3 cm³/mol. The molecule has 7 heteroatoms. The lowest BCUT2D eigenvalue weighted by atomic mass is 10.3. The Kier molecular flexibility index (Phi) is 3.39. The molecule has 0 saturated heterocycles. The van der Waals surface area contributed by atoms with Crippen molar-refractivity contribution in [2.75, 3.05) is 5.32 Å². The molecule has 96 valence electrons. The molecular weight excluding hydrogens is 282 g/mol. The van der Waals surface area contributed by atoms with E-state index >= 15 is 0 Å². The zero-order valence-corrected chi connectivity index (χ0v) is 11.3. The van der Waals surface area contributed by atoms with E-state index in [0.717, 1.165) is 9.75 Å². The van der Waals surface area contributed by atoms with Gasteiger partial charge in [-0.05, 0) is 22.9 Å². The van der Waals surface area contributed by atoms with Gasteiger partial charge in [0.1, 0.15) is 0 Å². The summed E-state index contributed by atoms with van der Waals surface area (Å²) in [5, 5.41) is 14.1. The van der Waals surface area contributed by atoms with Crippen LogP contribution < -0.4 is 5.32 Å².